The van der Waals surface area contributed by atoms with Crippen LogP contribution < -0.4 is 11.1 Å². The summed E-state index contributed by atoms with van der Waals surface area (Å²) in [7, 11) is 0. The van der Waals surface area contributed by atoms with Crippen molar-refractivity contribution in [3.8, 4) is 0 Å². The second-order valence-corrected chi connectivity index (χ2v) is 8.01. The number of benzene rings is 1. The molecule has 2 aromatic heterocycles. The fourth-order valence-electron chi connectivity index (χ4n) is 2.11. The molecule has 0 radical (unpaired) electrons. The Morgan fingerprint density at radius 3 is 2.76 bits per heavy atom. The minimum atomic E-state index is -0.446. The van der Waals surface area contributed by atoms with Gasteiger partial charge < -0.3 is 5.73 Å². The van der Waals surface area contributed by atoms with Crippen molar-refractivity contribution in [3.05, 3.63) is 63.3 Å². The minimum Gasteiger partial charge on any atom is -0.369 e. The van der Waals surface area contributed by atoms with Gasteiger partial charge in [0.15, 0.2) is 5.13 Å². The number of carbonyl (C=O) groups is 2. The van der Waals surface area contributed by atoms with E-state index in [1.165, 1.54) is 16.2 Å². The molecule has 0 aliphatic heterocycles. The lowest BCUT2D eigenvalue weighted by molar-refractivity contribution is -0.117. The van der Waals surface area contributed by atoms with E-state index in [9.17, 15) is 9.59 Å². The molecule has 0 saturated heterocycles. The van der Waals surface area contributed by atoms with E-state index in [0.29, 0.717) is 16.4 Å². The first-order chi connectivity index (χ1) is 12.1. The van der Waals surface area contributed by atoms with Gasteiger partial charge >= 0.3 is 0 Å². The van der Waals surface area contributed by atoms with Crippen LogP contribution in [0.4, 0.5) is 5.13 Å². The van der Waals surface area contributed by atoms with Gasteiger partial charge in [0.2, 0.25) is 5.91 Å². The van der Waals surface area contributed by atoms with E-state index >= 15 is 0 Å². The van der Waals surface area contributed by atoms with Gasteiger partial charge in [0.05, 0.1) is 17.7 Å². The van der Waals surface area contributed by atoms with Gasteiger partial charge in [-0.1, -0.05) is 18.2 Å². The van der Waals surface area contributed by atoms with Crippen LogP contribution in [0.25, 0.3) is 0 Å². The number of rotatable bonds is 7. The number of amides is 2. The summed E-state index contributed by atoms with van der Waals surface area (Å²) in [5.74, 6) is 0.162. The zero-order valence-electron chi connectivity index (χ0n) is 13.1. The summed E-state index contributed by atoms with van der Waals surface area (Å²) < 4.78 is 0. The van der Waals surface area contributed by atoms with Gasteiger partial charge in [0.1, 0.15) is 0 Å². The molecular formula is C17H15N3O2S3. The number of carbonyl (C=O) groups excluding carboxylic acids is 2. The predicted octanol–water partition coefficient (Wildman–Crippen LogP) is 3.78. The van der Waals surface area contributed by atoms with Crippen LogP contribution in [0.15, 0.2) is 52.1 Å². The first kappa shape index (κ1) is 17.7. The van der Waals surface area contributed by atoms with Gasteiger partial charge in [-0.05, 0) is 23.6 Å². The zero-order chi connectivity index (χ0) is 17.6. The maximum atomic E-state index is 12.6. The summed E-state index contributed by atoms with van der Waals surface area (Å²) in [6, 6.07) is 11.6. The molecule has 0 saturated carbocycles. The number of nitrogens with one attached hydrogen (secondary N) is 1. The molecule has 0 fully saturated rings. The van der Waals surface area contributed by atoms with Gasteiger partial charge in [-0.25, -0.2) is 4.98 Å². The highest BCUT2D eigenvalue weighted by atomic mass is 32.2. The molecule has 3 rings (SSSR count). The van der Waals surface area contributed by atoms with Gasteiger partial charge in [0.25, 0.3) is 5.91 Å². The standard InChI is InChI=1S/C17H15N3O2S3/c18-15(21)8-11-9-25-17(19-11)20-16(22)13-5-1-2-6-14(13)24-10-12-4-3-7-23-12/h1-7,9H,8,10H2,(H2,18,21)(H,19,20,22). The van der Waals surface area contributed by atoms with Gasteiger partial charge in [0, 0.05) is 20.9 Å². The number of anilines is 1. The zero-order valence-corrected chi connectivity index (χ0v) is 15.5. The number of aromatic nitrogens is 1. The van der Waals surface area contributed by atoms with Crippen LogP contribution in [-0.2, 0) is 17.0 Å². The van der Waals surface area contributed by atoms with E-state index in [-0.39, 0.29) is 12.3 Å². The Kier molecular flexibility index (Phi) is 5.85. The molecule has 3 aromatic rings. The molecule has 8 heteroatoms. The molecule has 0 atom stereocenters. The third kappa shape index (κ3) is 4.91. The van der Waals surface area contributed by atoms with Crippen molar-refractivity contribution in [2.24, 2.45) is 5.73 Å². The number of thioether (sulfide) groups is 1. The highest BCUT2D eigenvalue weighted by molar-refractivity contribution is 7.98. The quantitative estimate of drug-likeness (QED) is 0.602. The Balaban J connectivity index is 1.69. The molecular weight excluding hydrogens is 374 g/mol. The van der Waals surface area contributed by atoms with Crippen LogP contribution >= 0.6 is 34.4 Å². The van der Waals surface area contributed by atoms with Crippen LogP contribution in [0.2, 0.25) is 0 Å². The first-order valence-corrected chi connectivity index (χ1v) is 10.1. The lowest BCUT2D eigenvalue weighted by Gasteiger charge is -2.08. The predicted molar refractivity (Wildman–Crippen MR) is 103 cm³/mol. The fourth-order valence-corrected chi connectivity index (χ4v) is 4.64. The van der Waals surface area contributed by atoms with Gasteiger partial charge in [-0.3, -0.25) is 14.9 Å². The average Bonchev–Trinajstić information content (AvgIpc) is 3.24. The number of thiophene rings is 1. The van der Waals surface area contributed by atoms with Crippen LogP contribution in [0.3, 0.4) is 0 Å². The first-order valence-electron chi connectivity index (χ1n) is 7.40. The second kappa shape index (κ2) is 8.28. The maximum absolute atomic E-state index is 12.6. The van der Waals surface area contributed by atoms with Crippen molar-refractivity contribution in [2.75, 3.05) is 5.32 Å². The number of primary amides is 1. The normalized spacial score (nSPS) is 10.6. The van der Waals surface area contributed by atoms with Crippen molar-refractivity contribution in [1.82, 2.24) is 4.98 Å². The summed E-state index contributed by atoms with van der Waals surface area (Å²) in [4.78, 5) is 29.9. The smallest absolute Gasteiger partial charge is 0.258 e. The molecule has 5 nitrogen and oxygen atoms in total. The summed E-state index contributed by atoms with van der Waals surface area (Å²) in [5, 5.41) is 7.01. The lowest BCUT2D eigenvalue weighted by Crippen LogP contribution is -2.15. The lowest BCUT2D eigenvalue weighted by atomic mass is 10.2. The van der Waals surface area contributed by atoms with Crippen molar-refractivity contribution in [1.29, 1.82) is 0 Å². The van der Waals surface area contributed by atoms with Crippen LogP contribution in [0, 0.1) is 0 Å². The molecule has 0 unspecified atom stereocenters. The molecule has 128 valence electrons. The Morgan fingerprint density at radius 1 is 1.16 bits per heavy atom. The minimum absolute atomic E-state index is 0.0691. The number of nitrogens with two attached hydrogens (primary N) is 1. The molecule has 0 aliphatic carbocycles. The Bertz CT molecular complexity index is 875. The van der Waals surface area contributed by atoms with Gasteiger partial charge in [-0.2, -0.15) is 0 Å². The van der Waals surface area contributed by atoms with Crippen LogP contribution in [0.1, 0.15) is 20.9 Å². The molecule has 0 spiro atoms. The summed E-state index contributed by atoms with van der Waals surface area (Å²) in [5.41, 5.74) is 6.33. The number of hydrogen-bond donors (Lipinski definition) is 2. The van der Waals surface area contributed by atoms with Crippen LogP contribution in [-0.4, -0.2) is 16.8 Å². The van der Waals surface area contributed by atoms with Crippen molar-refractivity contribution >= 4 is 51.4 Å². The number of hydrogen-bond acceptors (Lipinski definition) is 6. The molecule has 1 aromatic carbocycles. The molecule has 2 amide bonds. The summed E-state index contributed by atoms with van der Waals surface area (Å²) >= 11 is 4.60. The van der Waals surface area contributed by atoms with E-state index in [1.54, 1.807) is 34.5 Å². The number of nitrogens with zero attached hydrogens (tertiary/aromatic N) is 1. The molecule has 0 aliphatic rings. The van der Waals surface area contributed by atoms with Crippen LogP contribution in [0.5, 0.6) is 0 Å². The van der Waals surface area contributed by atoms with Crippen molar-refractivity contribution < 1.29 is 9.59 Å². The Hall–Kier alpha value is -2.16. The maximum Gasteiger partial charge on any atom is 0.258 e. The van der Waals surface area contributed by atoms with E-state index in [4.69, 9.17) is 5.73 Å². The monoisotopic (exact) mass is 389 g/mol. The van der Waals surface area contributed by atoms with Gasteiger partial charge in [-0.15, -0.1) is 34.4 Å². The highest BCUT2D eigenvalue weighted by Gasteiger charge is 2.14. The average molecular weight is 390 g/mol. The second-order valence-electron chi connectivity index (χ2n) is 5.11. The Labute approximate surface area is 157 Å². The summed E-state index contributed by atoms with van der Waals surface area (Å²) in [6.45, 7) is 0. The molecule has 0 bridgehead atoms. The fraction of sp³-hybridized carbons (Fsp3) is 0.118. The third-order valence-corrected chi connectivity index (χ3v) is 6.20. The van der Waals surface area contributed by atoms with E-state index in [1.807, 2.05) is 29.6 Å². The highest BCUT2D eigenvalue weighted by Crippen LogP contribution is 2.28. The molecule has 25 heavy (non-hydrogen) atoms. The summed E-state index contributed by atoms with van der Waals surface area (Å²) in [6.07, 6.45) is 0.0691. The van der Waals surface area contributed by atoms with E-state index in [0.717, 1.165) is 10.6 Å². The Morgan fingerprint density at radius 2 is 2.00 bits per heavy atom. The van der Waals surface area contributed by atoms with Crippen molar-refractivity contribution in [3.63, 3.8) is 0 Å². The largest absolute Gasteiger partial charge is 0.369 e. The molecule has 2 heterocycles. The topological polar surface area (TPSA) is 85.1 Å². The SMILES string of the molecule is NC(=O)Cc1csc(NC(=O)c2ccccc2SCc2cccs2)n1. The number of thiazole rings is 1. The van der Waals surface area contributed by atoms with Crippen molar-refractivity contribution in [2.45, 2.75) is 17.1 Å². The van der Waals surface area contributed by atoms with E-state index < -0.39 is 5.91 Å². The molecule has 3 N–H and O–H groups in total. The van der Waals surface area contributed by atoms with E-state index in [2.05, 4.69) is 16.4 Å². The third-order valence-electron chi connectivity index (χ3n) is 3.21.